The monoisotopic (exact) mass is 297 g/mol. The highest BCUT2D eigenvalue weighted by molar-refractivity contribution is 5.85. The highest BCUT2D eigenvalue weighted by atomic mass is 16.5. The van der Waals surface area contributed by atoms with Crippen LogP contribution in [0.25, 0.3) is 0 Å². The van der Waals surface area contributed by atoms with Crippen molar-refractivity contribution in [3.8, 4) is 0 Å². The first-order chi connectivity index (χ1) is 10.1. The summed E-state index contributed by atoms with van der Waals surface area (Å²) in [6.45, 7) is 5.94. The predicted molar refractivity (Wildman–Crippen MR) is 84.0 cm³/mol. The van der Waals surface area contributed by atoms with Crippen LogP contribution in [0, 0.1) is 5.92 Å². The van der Waals surface area contributed by atoms with Crippen LogP contribution >= 0.6 is 0 Å². The topological polar surface area (TPSA) is 67.6 Å². The molecule has 0 spiro atoms. The minimum Gasteiger partial charge on any atom is -0.383 e. The van der Waals surface area contributed by atoms with Crippen LogP contribution in [-0.4, -0.2) is 55.7 Å². The first kappa shape index (κ1) is 16.7. The summed E-state index contributed by atoms with van der Waals surface area (Å²) >= 11 is 0. The van der Waals surface area contributed by atoms with Gasteiger partial charge in [-0.3, -0.25) is 4.79 Å². The molecule has 0 aromatic heterocycles. The fourth-order valence-corrected chi connectivity index (χ4v) is 3.63. The van der Waals surface area contributed by atoms with Crippen molar-refractivity contribution in [1.82, 2.24) is 10.2 Å². The normalized spacial score (nSPS) is 29.2. The smallest absolute Gasteiger partial charge is 0.238 e. The largest absolute Gasteiger partial charge is 0.383 e. The Morgan fingerprint density at radius 3 is 2.71 bits per heavy atom. The first-order valence-corrected chi connectivity index (χ1v) is 8.41. The Balaban J connectivity index is 1.91. The van der Waals surface area contributed by atoms with Crippen molar-refractivity contribution in [2.75, 3.05) is 33.4 Å². The number of ether oxygens (including phenoxy) is 1. The summed E-state index contributed by atoms with van der Waals surface area (Å²) in [6.07, 6.45) is 6.56. The first-order valence-electron chi connectivity index (χ1n) is 8.41. The molecule has 0 bridgehead atoms. The lowest BCUT2D eigenvalue weighted by molar-refractivity contribution is -0.126. The van der Waals surface area contributed by atoms with Crippen molar-refractivity contribution in [2.45, 2.75) is 57.0 Å². The van der Waals surface area contributed by atoms with Crippen LogP contribution in [0.1, 0.15) is 45.4 Å². The molecule has 2 saturated carbocycles. The number of primary amides is 1. The van der Waals surface area contributed by atoms with E-state index in [0.717, 1.165) is 51.9 Å². The van der Waals surface area contributed by atoms with Gasteiger partial charge >= 0.3 is 0 Å². The van der Waals surface area contributed by atoms with Crippen LogP contribution in [0.5, 0.6) is 0 Å². The third-order valence-corrected chi connectivity index (χ3v) is 5.15. The van der Waals surface area contributed by atoms with E-state index in [2.05, 4.69) is 17.1 Å². The molecule has 2 aliphatic carbocycles. The molecule has 21 heavy (non-hydrogen) atoms. The van der Waals surface area contributed by atoms with E-state index in [4.69, 9.17) is 10.5 Å². The maximum atomic E-state index is 12.1. The molecule has 0 heterocycles. The Morgan fingerprint density at radius 2 is 2.14 bits per heavy atom. The lowest BCUT2D eigenvalue weighted by atomic mass is 9.83. The number of nitrogens with one attached hydrogen (secondary N) is 1. The molecule has 2 aliphatic rings. The molecule has 0 aromatic rings. The number of carbonyl (C=O) groups excluding carboxylic acids is 1. The van der Waals surface area contributed by atoms with Gasteiger partial charge in [0.05, 0.1) is 6.61 Å². The summed E-state index contributed by atoms with van der Waals surface area (Å²) < 4.78 is 5.16. The quantitative estimate of drug-likeness (QED) is 0.634. The van der Waals surface area contributed by atoms with Gasteiger partial charge in [0.25, 0.3) is 0 Å². The highest BCUT2D eigenvalue weighted by Gasteiger charge is 2.49. The van der Waals surface area contributed by atoms with E-state index in [1.807, 2.05) is 0 Å². The van der Waals surface area contributed by atoms with Crippen LogP contribution in [0.2, 0.25) is 0 Å². The lowest BCUT2D eigenvalue weighted by Crippen LogP contribution is -2.59. The predicted octanol–water partition coefficient (Wildman–Crippen LogP) is 1.12. The summed E-state index contributed by atoms with van der Waals surface area (Å²) in [7, 11) is 1.74. The number of nitrogens with zero attached hydrogens (tertiary/aromatic N) is 1. The molecule has 2 rings (SSSR count). The minimum absolute atomic E-state index is 0.142. The van der Waals surface area contributed by atoms with E-state index in [-0.39, 0.29) is 5.91 Å². The molecule has 5 nitrogen and oxygen atoms in total. The molecule has 2 atom stereocenters. The second-order valence-corrected chi connectivity index (χ2v) is 6.56. The second-order valence-electron chi connectivity index (χ2n) is 6.56. The zero-order chi connectivity index (χ0) is 15.3. The van der Waals surface area contributed by atoms with E-state index in [1.54, 1.807) is 7.11 Å². The number of likely N-dealkylation sites (N-methyl/N-ethyl adjacent to an activating group) is 1. The van der Waals surface area contributed by atoms with Gasteiger partial charge in [-0.1, -0.05) is 13.3 Å². The van der Waals surface area contributed by atoms with Crippen molar-refractivity contribution in [3.63, 3.8) is 0 Å². The van der Waals surface area contributed by atoms with E-state index in [9.17, 15) is 4.79 Å². The highest BCUT2D eigenvalue weighted by Crippen LogP contribution is 2.40. The number of methoxy groups -OCH3 is 1. The number of rotatable bonds is 10. The lowest BCUT2D eigenvalue weighted by Gasteiger charge is -2.35. The van der Waals surface area contributed by atoms with Crippen molar-refractivity contribution in [1.29, 1.82) is 0 Å². The van der Waals surface area contributed by atoms with Crippen molar-refractivity contribution < 1.29 is 9.53 Å². The van der Waals surface area contributed by atoms with Gasteiger partial charge in [-0.2, -0.15) is 0 Å². The maximum Gasteiger partial charge on any atom is 0.238 e. The fourth-order valence-electron chi connectivity index (χ4n) is 3.63. The zero-order valence-electron chi connectivity index (χ0n) is 13.6. The third-order valence-electron chi connectivity index (χ3n) is 5.15. The summed E-state index contributed by atoms with van der Waals surface area (Å²) in [5, 5.41) is 3.58. The molecule has 3 N–H and O–H groups in total. The van der Waals surface area contributed by atoms with Gasteiger partial charge < -0.3 is 20.7 Å². The standard InChI is InChI=1S/C16H31N3O2/c1-3-19(11-12-21-2)10-8-13-5-4-9-16(13,15(17)20)18-14-6-7-14/h13-14,18H,3-12H2,1-2H3,(H2,17,20). The van der Waals surface area contributed by atoms with Crippen LogP contribution in [0.4, 0.5) is 0 Å². The number of hydrogen-bond acceptors (Lipinski definition) is 4. The van der Waals surface area contributed by atoms with Gasteiger partial charge in [0.2, 0.25) is 5.91 Å². The molecule has 2 unspecified atom stereocenters. The second kappa shape index (κ2) is 7.56. The van der Waals surface area contributed by atoms with Gasteiger partial charge in [0, 0.05) is 19.7 Å². The van der Waals surface area contributed by atoms with Crippen LogP contribution in [0.3, 0.4) is 0 Å². The summed E-state index contributed by atoms with van der Waals surface area (Å²) in [6, 6.07) is 0.522. The molecular weight excluding hydrogens is 266 g/mol. The minimum atomic E-state index is -0.443. The van der Waals surface area contributed by atoms with Crippen LogP contribution in [0.15, 0.2) is 0 Å². The molecule has 5 heteroatoms. The van der Waals surface area contributed by atoms with E-state index in [1.165, 1.54) is 12.8 Å². The van der Waals surface area contributed by atoms with Gasteiger partial charge in [-0.15, -0.1) is 0 Å². The number of amides is 1. The van der Waals surface area contributed by atoms with Crippen molar-refractivity contribution in [3.05, 3.63) is 0 Å². The Hall–Kier alpha value is -0.650. The summed E-state index contributed by atoms with van der Waals surface area (Å²) in [5.41, 5.74) is 5.34. The number of nitrogens with two attached hydrogens (primary N) is 1. The number of hydrogen-bond donors (Lipinski definition) is 2. The molecule has 0 radical (unpaired) electrons. The van der Waals surface area contributed by atoms with E-state index < -0.39 is 5.54 Å². The number of carbonyl (C=O) groups is 1. The average molecular weight is 297 g/mol. The summed E-state index contributed by atoms with van der Waals surface area (Å²) in [4.78, 5) is 14.5. The molecular formula is C16H31N3O2. The molecule has 0 aliphatic heterocycles. The molecule has 0 aromatic carbocycles. The van der Waals surface area contributed by atoms with Gasteiger partial charge in [0.15, 0.2) is 0 Å². The maximum absolute atomic E-state index is 12.1. The van der Waals surface area contributed by atoms with Gasteiger partial charge in [0.1, 0.15) is 5.54 Å². The Labute approximate surface area is 128 Å². The Kier molecular flexibility index (Phi) is 6.02. The van der Waals surface area contributed by atoms with E-state index >= 15 is 0 Å². The SMILES string of the molecule is CCN(CCOC)CCC1CCCC1(NC1CC1)C(N)=O. The van der Waals surface area contributed by atoms with Crippen molar-refractivity contribution in [2.24, 2.45) is 11.7 Å². The Morgan fingerprint density at radius 1 is 1.38 bits per heavy atom. The zero-order valence-corrected chi connectivity index (χ0v) is 13.6. The molecule has 1 amide bonds. The molecule has 122 valence electrons. The third kappa shape index (κ3) is 4.18. The van der Waals surface area contributed by atoms with E-state index in [0.29, 0.717) is 12.0 Å². The fraction of sp³-hybridized carbons (Fsp3) is 0.938. The van der Waals surface area contributed by atoms with Crippen LogP contribution < -0.4 is 11.1 Å². The van der Waals surface area contributed by atoms with Gasteiger partial charge in [-0.25, -0.2) is 0 Å². The van der Waals surface area contributed by atoms with Gasteiger partial charge in [-0.05, 0) is 51.1 Å². The Bertz CT molecular complexity index is 346. The molecule has 0 saturated heterocycles. The van der Waals surface area contributed by atoms with Crippen LogP contribution in [-0.2, 0) is 9.53 Å². The van der Waals surface area contributed by atoms with Crippen molar-refractivity contribution >= 4 is 5.91 Å². The average Bonchev–Trinajstić information content (AvgIpc) is 3.18. The molecule has 2 fully saturated rings. The summed E-state index contributed by atoms with van der Waals surface area (Å²) in [5.74, 6) is 0.240.